The molecule has 0 aliphatic rings. The summed E-state index contributed by atoms with van der Waals surface area (Å²) in [6, 6.07) is 15.1. The molecule has 0 aliphatic heterocycles. The lowest BCUT2D eigenvalue weighted by Gasteiger charge is -2.24. The van der Waals surface area contributed by atoms with Crippen LogP contribution in [0.1, 0.15) is 52.3 Å². The van der Waals surface area contributed by atoms with E-state index in [1.165, 1.54) is 22.9 Å². The number of nitrogens with zero attached hydrogens (tertiary/aromatic N) is 7. The van der Waals surface area contributed by atoms with Gasteiger partial charge in [-0.3, -0.25) is 9.35 Å². The number of anilines is 2. The second kappa shape index (κ2) is 12.4. The number of carbonyl (C=O) groups is 1. The van der Waals surface area contributed by atoms with Gasteiger partial charge in [-0.2, -0.15) is 23.5 Å². The molecule has 4 aromatic rings. The molecule has 12 nitrogen and oxygen atoms in total. The fourth-order valence-corrected chi connectivity index (χ4v) is 5.73. The molecule has 0 bridgehead atoms. The molecule has 0 aliphatic carbocycles. The van der Waals surface area contributed by atoms with Crippen molar-refractivity contribution in [3.63, 3.8) is 0 Å². The van der Waals surface area contributed by atoms with Crippen LogP contribution in [0.3, 0.4) is 0 Å². The zero-order valence-corrected chi connectivity index (χ0v) is 25.6. The van der Waals surface area contributed by atoms with Crippen LogP contribution in [0.2, 0.25) is 0 Å². The third kappa shape index (κ3) is 7.17. The molecule has 2 aromatic carbocycles. The fraction of sp³-hybridized carbons (Fsp3) is 0.357. The van der Waals surface area contributed by atoms with Crippen molar-refractivity contribution >= 4 is 60.5 Å². The van der Waals surface area contributed by atoms with Gasteiger partial charge in [0.2, 0.25) is 11.0 Å². The zero-order valence-electron chi connectivity index (χ0n) is 24.0. The van der Waals surface area contributed by atoms with E-state index in [1.54, 1.807) is 18.2 Å². The first kappa shape index (κ1) is 30.8. The first-order valence-corrected chi connectivity index (χ1v) is 15.7. The molecule has 0 unspecified atom stereocenters. The maximum Gasteiger partial charge on any atom is 0.264 e. The number of nitrogens with one attached hydrogen (secondary N) is 1. The van der Waals surface area contributed by atoms with E-state index in [4.69, 9.17) is 14.6 Å². The van der Waals surface area contributed by atoms with Gasteiger partial charge in [0.25, 0.3) is 10.1 Å². The quantitative estimate of drug-likeness (QED) is 0.160. The average Bonchev–Trinajstić information content (AvgIpc) is 3.50. The van der Waals surface area contributed by atoms with Crippen molar-refractivity contribution in [3.8, 4) is 11.2 Å². The largest absolute Gasteiger partial charge is 0.372 e. The van der Waals surface area contributed by atoms with Crippen LogP contribution in [0.15, 0.2) is 52.7 Å². The highest BCUT2D eigenvalue weighted by Gasteiger charge is 2.29. The number of benzene rings is 2. The smallest absolute Gasteiger partial charge is 0.264 e. The number of amides is 1. The maximum absolute atomic E-state index is 12.1. The molecular formula is C28H32N8O4S2. The van der Waals surface area contributed by atoms with Crippen molar-refractivity contribution in [2.45, 2.75) is 46.5 Å². The second-order valence-corrected chi connectivity index (χ2v) is 13.2. The van der Waals surface area contributed by atoms with Crippen molar-refractivity contribution in [3.05, 3.63) is 53.7 Å². The molecule has 2 heterocycles. The number of para-hydroxylation sites is 1. The predicted octanol–water partition coefficient (Wildman–Crippen LogP) is 6.13. The Hall–Kier alpha value is -4.19. The summed E-state index contributed by atoms with van der Waals surface area (Å²) in [5.74, 6) is -0.445. The van der Waals surface area contributed by atoms with Crippen LogP contribution in [0.25, 0.3) is 15.3 Å². The van der Waals surface area contributed by atoms with Crippen LogP contribution in [0.5, 0.6) is 0 Å². The van der Waals surface area contributed by atoms with Gasteiger partial charge in [0, 0.05) is 31.1 Å². The van der Waals surface area contributed by atoms with Crippen LogP contribution < -0.4 is 10.2 Å². The van der Waals surface area contributed by atoms with Crippen LogP contribution in [-0.4, -0.2) is 52.5 Å². The average molecular weight is 609 g/mol. The van der Waals surface area contributed by atoms with Crippen molar-refractivity contribution in [1.82, 2.24) is 14.8 Å². The van der Waals surface area contributed by atoms with E-state index in [1.807, 2.05) is 56.9 Å². The molecule has 0 saturated heterocycles. The fourth-order valence-electron chi connectivity index (χ4n) is 4.32. The molecule has 220 valence electrons. The Morgan fingerprint density at radius 2 is 1.95 bits per heavy atom. The Morgan fingerprint density at radius 1 is 1.21 bits per heavy atom. The minimum absolute atomic E-state index is 0.222. The summed E-state index contributed by atoms with van der Waals surface area (Å²) in [5, 5.41) is 27.1. The number of fused-ring (bicyclic) bond motifs is 1. The van der Waals surface area contributed by atoms with E-state index in [-0.39, 0.29) is 29.5 Å². The third-order valence-electron chi connectivity index (χ3n) is 6.27. The summed E-state index contributed by atoms with van der Waals surface area (Å²) in [4.78, 5) is 18.7. The summed E-state index contributed by atoms with van der Waals surface area (Å²) < 4.78 is 33.9. The van der Waals surface area contributed by atoms with Gasteiger partial charge in [-0.15, -0.1) is 10.2 Å². The molecule has 2 N–H and O–H groups in total. The Morgan fingerprint density at radius 3 is 2.57 bits per heavy atom. The normalized spacial score (nSPS) is 12.1. The molecular weight excluding hydrogens is 576 g/mol. The maximum atomic E-state index is 12.1. The second-order valence-electron chi connectivity index (χ2n) is 10.6. The topological polar surface area (TPSA) is 166 Å². The summed E-state index contributed by atoms with van der Waals surface area (Å²) in [6.45, 7) is 10.1. The molecule has 4 rings (SSSR count). The molecule has 0 atom stereocenters. The number of nitriles is 1. The highest BCUT2D eigenvalue weighted by Crippen LogP contribution is 2.37. The first-order chi connectivity index (χ1) is 19.8. The summed E-state index contributed by atoms with van der Waals surface area (Å²) in [5.41, 5.74) is 2.63. The molecule has 0 spiro atoms. The Kier molecular flexibility index (Phi) is 9.05. The third-order valence-corrected chi connectivity index (χ3v) is 8.08. The minimum Gasteiger partial charge on any atom is -0.372 e. The van der Waals surface area contributed by atoms with E-state index < -0.39 is 15.5 Å². The number of carbonyl (C=O) groups excluding carboxylic acids is 1. The van der Waals surface area contributed by atoms with Gasteiger partial charge in [-0.25, -0.2) is 4.98 Å². The first-order valence-electron chi connectivity index (χ1n) is 13.2. The monoisotopic (exact) mass is 608 g/mol. The lowest BCUT2D eigenvalue weighted by atomic mass is 9.90. The summed E-state index contributed by atoms with van der Waals surface area (Å²) >= 11 is 1.42. The van der Waals surface area contributed by atoms with Crippen molar-refractivity contribution in [2.75, 3.05) is 29.1 Å². The molecule has 1 amide bonds. The molecule has 14 heteroatoms. The standard InChI is InChI=1S/C28H32N8O4S2/c1-6-35(14-9-15-42(38,39)40)19-12-13-21(23(16-19)30-18(2)37)32-33-26-20(17-29)25(28(3,4)5)34-36(26)27-31-22-10-7-8-11-24(22)41-27/h7-8,10-13,16H,6,9,14-15H2,1-5H3,(H,30,37)(H,38,39,40)/b33-32+. The van der Waals surface area contributed by atoms with Crippen LogP contribution >= 0.6 is 11.3 Å². The van der Waals surface area contributed by atoms with Crippen LogP contribution in [-0.2, 0) is 20.3 Å². The number of thiazole rings is 1. The zero-order chi connectivity index (χ0) is 30.7. The van der Waals surface area contributed by atoms with Crippen LogP contribution in [0, 0.1) is 11.3 Å². The van der Waals surface area contributed by atoms with Gasteiger partial charge in [-0.05, 0) is 43.7 Å². The number of aromatic nitrogens is 3. The number of hydrogen-bond donors (Lipinski definition) is 2. The lowest BCUT2D eigenvalue weighted by molar-refractivity contribution is -0.114. The van der Waals surface area contributed by atoms with E-state index in [0.29, 0.717) is 35.3 Å². The molecule has 2 aromatic heterocycles. The predicted molar refractivity (Wildman–Crippen MR) is 164 cm³/mol. The van der Waals surface area contributed by atoms with Gasteiger partial charge in [0.05, 0.1) is 27.4 Å². The van der Waals surface area contributed by atoms with Crippen molar-refractivity contribution in [2.24, 2.45) is 10.2 Å². The van der Waals surface area contributed by atoms with E-state index >= 15 is 0 Å². The van der Waals surface area contributed by atoms with E-state index in [9.17, 15) is 18.5 Å². The van der Waals surface area contributed by atoms with Gasteiger partial charge in [-0.1, -0.05) is 44.2 Å². The Labute approximate surface area is 248 Å². The molecule has 0 saturated carbocycles. The SMILES string of the molecule is CCN(CCCS(=O)(=O)O)c1ccc(/N=N/c2c(C#N)c(C(C)(C)C)nn2-c2nc3ccccc3s2)c(NC(C)=O)c1. The van der Waals surface area contributed by atoms with E-state index in [0.717, 1.165) is 15.9 Å². The molecule has 0 radical (unpaired) electrons. The number of azo groups is 1. The Balaban J connectivity index is 1.77. The molecule has 0 fully saturated rings. The molecule has 42 heavy (non-hydrogen) atoms. The Bertz CT molecular complexity index is 1760. The number of rotatable bonds is 10. The van der Waals surface area contributed by atoms with E-state index in [2.05, 4.69) is 21.6 Å². The van der Waals surface area contributed by atoms with Gasteiger partial charge in [0.15, 0.2) is 5.82 Å². The van der Waals surface area contributed by atoms with Crippen molar-refractivity contribution in [1.29, 1.82) is 5.26 Å². The number of hydrogen-bond acceptors (Lipinski definition) is 10. The summed E-state index contributed by atoms with van der Waals surface area (Å²) in [7, 11) is -4.06. The van der Waals surface area contributed by atoms with Crippen LogP contribution in [0.4, 0.5) is 22.9 Å². The van der Waals surface area contributed by atoms with Gasteiger partial charge >= 0.3 is 0 Å². The lowest BCUT2D eigenvalue weighted by Crippen LogP contribution is -2.25. The minimum atomic E-state index is -4.06. The highest BCUT2D eigenvalue weighted by molar-refractivity contribution is 7.85. The van der Waals surface area contributed by atoms with Crippen molar-refractivity contribution < 1.29 is 17.8 Å². The van der Waals surface area contributed by atoms with Gasteiger partial charge in [0.1, 0.15) is 17.3 Å². The van der Waals surface area contributed by atoms with Gasteiger partial charge < -0.3 is 10.2 Å². The highest BCUT2D eigenvalue weighted by atomic mass is 32.2. The summed E-state index contributed by atoms with van der Waals surface area (Å²) in [6.07, 6.45) is 0.229.